The zero-order valence-corrected chi connectivity index (χ0v) is 11.2. The highest BCUT2D eigenvalue weighted by Crippen LogP contribution is 2.54. The molecule has 0 aromatic heterocycles. The van der Waals surface area contributed by atoms with Crippen LogP contribution in [-0.2, 0) is 10.2 Å². The van der Waals surface area contributed by atoms with Crippen molar-refractivity contribution in [3.05, 3.63) is 35.9 Å². The summed E-state index contributed by atoms with van der Waals surface area (Å²) in [6.07, 6.45) is 0.892. The van der Waals surface area contributed by atoms with Crippen LogP contribution >= 0.6 is 0 Å². The molecule has 2 atom stereocenters. The molecule has 0 bridgehead atoms. The van der Waals surface area contributed by atoms with Gasteiger partial charge in [-0.2, -0.15) is 0 Å². The molecule has 1 aromatic rings. The molecule has 1 unspecified atom stereocenters. The van der Waals surface area contributed by atoms with E-state index in [1.54, 1.807) is 0 Å². The summed E-state index contributed by atoms with van der Waals surface area (Å²) < 4.78 is 0. The van der Waals surface area contributed by atoms with Crippen molar-refractivity contribution in [1.29, 1.82) is 0 Å². The van der Waals surface area contributed by atoms with Crippen LogP contribution in [0.25, 0.3) is 0 Å². The van der Waals surface area contributed by atoms with E-state index in [0.29, 0.717) is 12.5 Å². The fourth-order valence-electron chi connectivity index (χ4n) is 2.88. The fraction of sp³-hybridized carbons (Fsp3) is 0.533. The van der Waals surface area contributed by atoms with Crippen LogP contribution in [0.1, 0.15) is 25.8 Å². The van der Waals surface area contributed by atoms with E-state index in [4.69, 9.17) is 5.73 Å². The Balaban J connectivity index is 2.32. The first-order valence-electron chi connectivity index (χ1n) is 6.75. The van der Waals surface area contributed by atoms with E-state index >= 15 is 0 Å². The van der Waals surface area contributed by atoms with Crippen LogP contribution in [-0.4, -0.2) is 30.4 Å². The van der Waals surface area contributed by atoms with Gasteiger partial charge in [0.15, 0.2) is 0 Å². The summed E-state index contributed by atoms with van der Waals surface area (Å²) in [6.45, 7) is 6.17. The van der Waals surface area contributed by atoms with Crippen LogP contribution < -0.4 is 5.73 Å². The third-order valence-corrected chi connectivity index (χ3v) is 4.11. The summed E-state index contributed by atoms with van der Waals surface area (Å²) in [5, 5.41) is 0. The van der Waals surface area contributed by atoms with Crippen LogP contribution in [0, 0.1) is 5.92 Å². The zero-order valence-electron chi connectivity index (χ0n) is 11.2. The number of amides is 1. The monoisotopic (exact) mass is 246 g/mol. The van der Waals surface area contributed by atoms with Gasteiger partial charge in [0.25, 0.3) is 0 Å². The first-order valence-corrected chi connectivity index (χ1v) is 6.75. The van der Waals surface area contributed by atoms with Crippen LogP contribution in [0.15, 0.2) is 30.3 Å². The standard InChI is InChI=1S/C15H22N2O/c1-3-17(4-2)14(18)15(10-13(15)11-16)12-8-6-5-7-9-12/h5-9,13H,3-4,10-11,16H2,1-2H3/t13-,15?/m1/s1. The smallest absolute Gasteiger partial charge is 0.233 e. The molecule has 0 aliphatic heterocycles. The van der Waals surface area contributed by atoms with E-state index in [0.717, 1.165) is 25.1 Å². The van der Waals surface area contributed by atoms with Gasteiger partial charge in [0.05, 0.1) is 5.41 Å². The second-order valence-corrected chi connectivity index (χ2v) is 4.95. The number of rotatable bonds is 5. The predicted octanol–water partition coefficient (Wildman–Crippen LogP) is 1.77. The van der Waals surface area contributed by atoms with Crippen molar-refractivity contribution < 1.29 is 4.79 Å². The number of hydrogen-bond acceptors (Lipinski definition) is 2. The van der Waals surface area contributed by atoms with Crippen molar-refractivity contribution in [3.63, 3.8) is 0 Å². The predicted molar refractivity (Wildman–Crippen MR) is 73.2 cm³/mol. The van der Waals surface area contributed by atoms with Crippen LogP contribution in [0.2, 0.25) is 0 Å². The number of nitrogens with zero attached hydrogens (tertiary/aromatic N) is 1. The quantitative estimate of drug-likeness (QED) is 0.860. The topological polar surface area (TPSA) is 46.3 Å². The summed E-state index contributed by atoms with van der Waals surface area (Å²) in [5.41, 5.74) is 6.57. The number of carbonyl (C=O) groups is 1. The third kappa shape index (κ3) is 1.93. The van der Waals surface area contributed by atoms with E-state index < -0.39 is 0 Å². The van der Waals surface area contributed by atoms with E-state index in [-0.39, 0.29) is 11.3 Å². The number of benzene rings is 1. The molecule has 18 heavy (non-hydrogen) atoms. The second-order valence-electron chi connectivity index (χ2n) is 4.95. The third-order valence-electron chi connectivity index (χ3n) is 4.11. The molecule has 1 fully saturated rings. The molecule has 1 amide bonds. The number of nitrogens with two attached hydrogens (primary N) is 1. The van der Waals surface area contributed by atoms with Crippen molar-refractivity contribution in [2.45, 2.75) is 25.7 Å². The maximum absolute atomic E-state index is 12.7. The molecule has 98 valence electrons. The van der Waals surface area contributed by atoms with Gasteiger partial charge in [-0.25, -0.2) is 0 Å². The molecule has 0 heterocycles. The maximum Gasteiger partial charge on any atom is 0.233 e. The molecule has 1 aliphatic carbocycles. The average molecular weight is 246 g/mol. The van der Waals surface area contributed by atoms with Gasteiger partial charge in [-0.05, 0) is 38.3 Å². The van der Waals surface area contributed by atoms with Crippen LogP contribution in [0.3, 0.4) is 0 Å². The normalized spacial score (nSPS) is 25.8. The molecule has 0 saturated heterocycles. The molecule has 1 aliphatic rings. The molecular formula is C15H22N2O. The summed E-state index contributed by atoms with van der Waals surface area (Å²) >= 11 is 0. The van der Waals surface area contributed by atoms with Gasteiger partial charge in [0.1, 0.15) is 0 Å². The molecule has 3 nitrogen and oxygen atoms in total. The lowest BCUT2D eigenvalue weighted by Gasteiger charge is -2.26. The Morgan fingerprint density at radius 3 is 2.39 bits per heavy atom. The van der Waals surface area contributed by atoms with Gasteiger partial charge in [0.2, 0.25) is 5.91 Å². The number of carbonyl (C=O) groups excluding carboxylic acids is 1. The van der Waals surface area contributed by atoms with Crippen LogP contribution in [0.5, 0.6) is 0 Å². The first kappa shape index (κ1) is 13.1. The molecule has 1 aromatic carbocycles. The van der Waals surface area contributed by atoms with Crippen molar-refractivity contribution in [2.24, 2.45) is 11.7 Å². The highest BCUT2D eigenvalue weighted by atomic mass is 16.2. The van der Waals surface area contributed by atoms with Gasteiger partial charge in [-0.3, -0.25) is 4.79 Å². The van der Waals surface area contributed by atoms with Gasteiger partial charge in [-0.15, -0.1) is 0 Å². The first-order chi connectivity index (χ1) is 8.70. The lowest BCUT2D eigenvalue weighted by molar-refractivity contribution is -0.134. The zero-order chi connectivity index (χ0) is 13.2. The molecular weight excluding hydrogens is 224 g/mol. The van der Waals surface area contributed by atoms with E-state index in [2.05, 4.69) is 12.1 Å². The molecule has 1 saturated carbocycles. The summed E-state index contributed by atoms with van der Waals surface area (Å²) in [6, 6.07) is 10.1. The van der Waals surface area contributed by atoms with Gasteiger partial charge in [-0.1, -0.05) is 30.3 Å². The Hall–Kier alpha value is -1.35. The highest BCUT2D eigenvalue weighted by molar-refractivity contribution is 5.92. The van der Waals surface area contributed by atoms with Crippen molar-refractivity contribution in [2.75, 3.05) is 19.6 Å². The summed E-state index contributed by atoms with van der Waals surface area (Å²) in [4.78, 5) is 14.6. The molecule has 2 N–H and O–H groups in total. The van der Waals surface area contributed by atoms with Crippen molar-refractivity contribution in [1.82, 2.24) is 4.90 Å². The largest absolute Gasteiger partial charge is 0.342 e. The number of likely N-dealkylation sites (N-methyl/N-ethyl adjacent to an activating group) is 1. The molecule has 0 radical (unpaired) electrons. The lowest BCUT2D eigenvalue weighted by atomic mass is 9.91. The molecule has 2 rings (SSSR count). The van der Waals surface area contributed by atoms with Gasteiger partial charge in [0, 0.05) is 13.1 Å². The maximum atomic E-state index is 12.7. The van der Waals surface area contributed by atoms with E-state index in [1.165, 1.54) is 0 Å². The SMILES string of the molecule is CCN(CC)C(=O)C1(c2ccccc2)C[C@@H]1CN. The summed E-state index contributed by atoms with van der Waals surface area (Å²) in [5.74, 6) is 0.544. The van der Waals surface area contributed by atoms with E-state index in [9.17, 15) is 4.79 Å². The Labute approximate surface area is 109 Å². The van der Waals surface area contributed by atoms with Crippen molar-refractivity contribution in [3.8, 4) is 0 Å². The fourth-order valence-corrected chi connectivity index (χ4v) is 2.88. The average Bonchev–Trinajstić information content (AvgIpc) is 3.17. The minimum absolute atomic E-state index is 0.245. The Kier molecular flexibility index (Phi) is 3.71. The Morgan fingerprint density at radius 2 is 1.94 bits per heavy atom. The Morgan fingerprint density at radius 1 is 1.33 bits per heavy atom. The van der Waals surface area contributed by atoms with Gasteiger partial charge < -0.3 is 10.6 Å². The van der Waals surface area contributed by atoms with Crippen molar-refractivity contribution >= 4 is 5.91 Å². The van der Waals surface area contributed by atoms with E-state index in [1.807, 2.05) is 36.9 Å². The minimum Gasteiger partial charge on any atom is -0.342 e. The lowest BCUT2D eigenvalue weighted by Crippen LogP contribution is -2.40. The minimum atomic E-state index is -0.345. The molecule has 0 spiro atoms. The Bertz CT molecular complexity index is 414. The highest BCUT2D eigenvalue weighted by Gasteiger charge is 2.61. The van der Waals surface area contributed by atoms with Crippen LogP contribution in [0.4, 0.5) is 0 Å². The van der Waals surface area contributed by atoms with Gasteiger partial charge >= 0.3 is 0 Å². The number of hydrogen-bond donors (Lipinski definition) is 1. The second kappa shape index (κ2) is 5.11. The summed E-state index contributed by atoms with van der Waals surface area (Å²) in [7, 11) is 0. The molecule has 3 heteroatoms.